The van der Waals surface area contributed by atoms with Gasteiger partial charge in [-0.1, -0.05) is 0 Å². The summed E-state index contributed by atoms with van der Waals surface area (Å²) in [5, 5.41) is 0. The number of hydrogen-bond acceptors (Lipinski definition) is 2. The molecule has 0 aliphatic carbocycles. The predicted octanol–water partition coefficient (Wildman–Crippen LogP) is 2.90. The van der Waals surface area contributed by atoms with Crippen LogP contribution in [0.2, 0.25) is 0 Å². The number of nitrogens with zero attached hydrogens (tertiary/aromatic N) is 1. The summed E-state index contributed by atoms with van der Waals surface area (Å²) in [6.45, 7) is 1.69. The van der Waals surface area contributed by atoms with Gasteiger partial charge in [0.2, 0.25) is 0 Å². The largest absolute Gasteiger partial charge is 0.289 e. The van der Waals surface area contributed by atoms with Crippen LogP contribution in [0.1, 0.15) is 21.6 Å². The topological polar surface area (TPSA) is 30.0 Å². The lowest BCUT2D eigenvalue weighted by Crippen LogP contribution is -2.05. The molecule has 0 saturated carbocycles. The van der Waals surface area contributed by atoms with E-state index in [1.54, 1.807) is 25.3 Å². The van der Waals surface area contributed by atoms with Crippen LogP contribution in [0.15, 0.2) is 36.5 Å². The van der Waals surface area contributed by atoms with Crippen molar-refractivity contribution in [3.05, 3.63) is 65.0 Å². The molecular weight excluding hydrogens is 224 g/mol. The summed E-state index contributed by atoms with van der Waals surface area (Å²) in [7, 11) is 0. The third-order valence-electron chi connectivity index (χ3n) is 2.43. The van der Waals surface area contributed by atoms with Gasteiger partial charge in [-0.25, -0.2) is 8.78 Å². The van der Waals surface area contributed by atoms with Crippen molar-refractivity contribution in [1.82, 2.24) is 4.98 Å². The van der Waals surface area contributed by atoms with Crippen molar-refractivity contribution in [2.75, 3.05) is 0 Å². The van der Waals surface area contributed by atoms with E-state index in [9.17, 15) is 13.6 Å². The molecule has 0 spiro atoms. The first-order valence-electron chi connectivity index (χ1n) is 5.01. The van der Waals surface area contributed by atoms with Crippen molar-refractivity contribution < 1.29 is 13.6 Å². The number of halogens is 2. The van der Waals surface area contributed by atoms with Crippen molar-refractivity contribution in [1.29, 1.82) is 0 Å². The highest BCUT2D eigenvalue weighted by molar-refractivity contribution is 6.09. The molecule has 2 nitrogen and oxygen atoms in total. The molecule has 1 aromatic heterocycles. The molecule has 2 aromatic rings. The molecule has 0 radical (unpaired) electrons. The minimum absolute atomic E-state index is 0.111. The van der Waals surface area contributed by atoms with E-state index < -0.39 is 11.6 Å². The van der Waals surface area contributed by atoms with Crippen LogP contribution in [0.5, 0.6) is 0 Å². The highest BCUT2D eigenvalue weighted by Gasteiger charge is 2.14. The molecule has 0 atom stereocenters. The van der Waals surface area contributed by atoms with Gasteiger partial charge in [0, 0.05) is 23.0 Å². The third-order valence-corrected chi connectivity index (χ3v) is 2.43. The Kier molecular flexibility index (Phi) is 2.95. The van der Waals surface area contributed by atoms with E-state index in [-0.39, 0.29) is 11.3 Å². The number of aryl methyl sites for hydroxylation is 1. The van der Waals surface area contributed by atoms with E-state index in [1.807, 2.05) is 0 Å². The highest BCUT2D eigenvalue weighted by Crippen LogP contribution is 2.14. The Balaban J connectivity index is 2.44. The van der Waals surface area contributed by atoms with Crippen LogP contribution >= 0.6 is 0 Å². The van der Waals surface area contributed by atoms with Gasteiger partial charge in [0.25, 0.3) is 0 Å². The van der Waals surface area contributed by atoms with Gasteiger partial charge in [0.15, 0.2) is 17.4 Å². The monoisotopic (exact) mass is 233 g/mol. The molecule has 0 bridgehead atoms. The fraction of sp³-hybridized carbons (Fsp3) is 0.0769. The van der Waals surface area contributed by atoms with Crippen LogP contribution in [-0.2, 0) is 0 Å². The second kappa shape index (κ2) is 4.41. The Labute approximate surface area is 96.9 Å². The van der Waals surface area contributed by atoms with Crippen molar-refractivity contribution in [2.45, 2.75) is 6.92 Å². The van der Waals surface area contributed by atoms with Gasteiger partial charge in [-0.15, -0.1) is 0 Å². The molecule has 0 amide bonds. The first-order valence-corrected chi connectivity index (χ1v) is 5.01. The minimum atomic E-state index is -1.03. The fourth-order valence-electron chi connectivity index (χ4n) is 1.52. The average molecular weight is 233 g/mol. The van der Waals surface area contributed by atoms with Gasteiger partial charge in [-0.05, 0) is 37.3 Å². The molecule has 2 rings (SSSR count). The first kappa shape index (κ1) is 11.4. The second-order valence-corrected chi connectivity index (χ2v) is 3.59. The van der Waals surface area contributed by atoms with Gasteiger partial charge >= 0.3 is 0 Å². The van der Waals surface area contributed by atoms with Crippen molar-refractivity contribution >= 4 is 5.78 Å². The van der Waals surface area contributed by atoms with E-state index >= 15 is 0 Å². The first-order chi connectivity index (χ1) is 8.09. The summed E-state index contributed by atoms with van der Waals surface area (Å²) in [4.78, 5) is 16.0. The number of pyridine rings is 1. The van der Waals surface area contributed by atoms with Gasteiger partial charge in [0.1, 0.15) is 0 Å². The number of carbonyl (C=O) groups is 1. The summed E-state index contributed by atoms with van der Waals surface area (Å²) in [5.74, 6) is -2.36. The van der Waals surface area contributed by atoms with Crippen LogP contribution in [0.4, 0.5) is 8.78 Å². The zero-order valence-corrected chi connectivity index (χ0v) is 9.08. The molecule has 0 fully saturated rings. The summed E-state index contributed by atoms with van der Waals surface area (Å²) in [5.41, 5.74) is 1.06. The molecule has 4 heteroatoms. The lowest BCUT2D eigenvalue weighted by atomic mass is 10.0. The Bertz CT molecular complexity index is 581. The number of rotatable bonds is 2. The van der Waals surface area contributed by atoms with E-state index in [2.05, 4.69) is 4.98 Å². The molecule has 86 valence electrons. The molecule has 1 heterocycles. The molecule has 0 aliphatic heterocycles. The number of aromatic nitrogens is 1. The third kappa shape index (κ3) is 2.20. The van der Waals surface area contributed by atoms with Gasteiger partial charge in [0.05, 0.1) is 0 Å². The SMILES string of the molecule is Cc1ncccc1C(=O)c1ccc(F)c(F)c1. The highest BCUT2D eigenvalue weighted by atomic mass is 19.2. The average Bonchev–Trinajstić information content (AvgIpc) is 2.32. The maximum Gasteiger partial charge on any atom is 0.194 e. The molecule has 0 saturated heterocycles. The predicted molar refractivity (Wildman–Crippen MR) is 58.8 cm³/mol. The Hall–Kier alpha value is -2.10. The van der Waals surface area contributed by atoms with E-state index in [0.29, 0.717) is 11.3 Å². The number of hydrogen-bond donors (Lipinski definition) is 0. The maximum atomic E-state index is 13.0. The Morgan fingerprint density at radius 1 is 1.18 bits per heavy atom. The maximum absolute atomic E-state index is 13.0. The van der Waals surface area contributed by atoms with Crippen molar-refractivity contribution in [2.24, 2.45) is 0 Å². The standard InChI is InChI=1S/C13H9F2NO/c1-8-10(3-2-6-16-8)13(17)9-4-5-11(14)12(15)7-9/h2-7H,1H3. The number of ketones is 1. The second-order valence-electron chi connectivity index (χ2n) is 3.59. The lowest BCUT2D eigenvalue weighted by molar-refractivity contribution is 0.103. The number of benzene rings is 1. The summed E-state index contributed by atoms with van der Waals surface area (Å²) < 4.78 is 25.8. The van der Waals surface area contributed by atoms with Crippen LogP contribution in [0.25, 0.3) is 0 Å². The van der Waals surface area contributed by atoms with Crippen LogP contribution < -0.4 is 0 Å². The molecule has 1 aromatic carbocycles. The molecular formula is C13H9F2NO. The van der Waals surface area contributed by atoms with E-state index in [0.717, 1.165) is 12.1 Å². The smallest absolute Gasteiger partial charge is 0.194 e. The zero-order chi connectivity index (χ0) is 12.4. The van der Waals surface area contributed by atoms with Crippen LogP contribution in [-0.4, -0.2) is 10.8 Å². The zero-order valence-electron chi connectivity index (χ0n) is 9.08. The summed E-state index contributed by atoms with van der Waals surface area (Å²) >= 11 is 0. The van der Waals surface area contributed by atoms with Crippen LogP contribution in [0, 0.1) is 18.6 Å². The van der Waals surface area contributed by atoms with Crippen molar-refractivity contribution in [3.63, 3.8) is 0 Å². The van der Waals surface area contributed by atoms with E-state index in [4.69, 9.17) is 0 Å². The van der Waals surface area contributed by atoms with Gasteiger partial charge in [-0.3, -0.25) is 9.78 Å². The quantitative estimate of drug-likeness (QED) is 0.746. The Morgan fingerprint density at radius 3 is 2.59 bits per heavy atom. The van der Waals surface area contributed by atoms with Gasteiger partial charge < -0.3 is 0 Å². The normalized spacial score (nSPS) is 10.3. The molecule has 0 unspecified atom stereocenters. The molecule has 0 aliphatic rings. The summed E-state index contributed by atoms with van der Waals surface area (Å²) in [6.07, 6.45) is 1.57. The molecule has 0 N–H and O–H groups in total. The van der Waals surface area contributed by atoms with Crippen molar-refractivity contribution in [3.8, 4) is 0 Å². The lowest BCUT2D eigenvalue weighted by Gasteiger charge is -2.04. The number of carbonyl (C=O) groups excluding carboxylic acids is 1. The van der Waals surface area contributed by atoms with E-state index in [1.165, 1.54) is 6.07 Å². The fourth-order valence-corrected chi connectivity index (χ4v) is 1.52. The Morgan fingerprint density at radius 2 is 1.94 bits per heavy atom. The molecule has 17 heavy (non-hydrogen) atoms. The summed E-state index contributed by atoms with van der Waals surface area (Å²) in [6, 6.07) is 6.32. The van der Waals surface area contributed by atoms with Crippen LogP contribution in [0.3, 0.4) is 0 Å². The van der Waals surface area contributed by atoms with Gasteiger partial charge in [-0.2, -0.15) is 0 Å². The minimum Gasteiger partial charge on any atom is -0.289 e.